The number of hydrogen-bond donors (Lipinski definition) is 1. The summed E-state index contributed by atoms with van der Waals surface area (Å²) in [6.07, 6.45) is 1.08. The highest BCUT2D eigenvalue weighted by Crippen LogP contribution is 2.28. The lowest BCUT2D eigenvalue weighted by molar-refractivity contribution is -0.117. The van der Waals surface area contributed by atoms with Crippen LogP contribution in [-0.4, -0.2) is 79.5 Å². The van der Waals surface area contributed by atoms with Crippen molar-refractivity contribution in [3.63, 3.8) is 0 Å². The van der Waals surface area contributed by atoms with Gasteiger partial charge in [0, 0.05) is 19.2 Å². The number of benzene rings is 1. The summed E-state index contributed by atoms with van der Waals surface area (Å²) in [5, 5.41) is 7.57. The minimum absolute atomic E-state index is 0.0111. The Bertz CT molecular complexity index is 836. The van der Waals surface area contributed by atoms with E-state index in [-0.39, 0.29) is 5.91 Å². The molecular weight excluding hydrogens is 370 g/mol. The molecule has 0 radical (unpaired) electrons. The van der Waals surface area contributed by atoms with E-state index in [0.29, 0.717) is 30.4 Å². The zero-order chi connectivity index (χ0) is 20.8. The molecule has 0 saturated carbocycles. The Balaban J connectivity index is 1.66. The second kappa shape index (κ2) is 9.76. The highest BCUT2D eigenvalue weighted by atomic mass is 16.5. The van der Waals surface area contributed by atoms with Crippen molar-refractivity contribution in [2.45, 2.75) is 19.9 Å². The number of anilines is 1. The summed E-state index contributed by atoms with van der Waals surface area (Å²) < 4.78 is 12.5. The van der Waals surface area contributed by atoms with Crippen LogP contribution in [0.3, 0.4) is 0 Å². The molecule has 8 nitrogen and oxygen atoms in total. The molecule has 29 heavy (non-hydrogen) atoms. The number of carbonyl (C=O) groups is 1. The lowest BCUT2D eigenvalue weighted by Crippen LogP contribution is -2.36. The summed E-state index contributed by atoms with van der Waals surface area (Å²) in [5.41, 5.74) is 1.87. The van der Waals surface area contributed by atoms with E-state index >= 15 is 0 Å². The van der Waals surface area contributed by atoms with Gasteiger partial charge < -0.3 is 19.7 Å². The van der Waals surface area contributed by atoms with E-state index < -0.39 is 0 Å². The summed E-state index contributed by atoms with van der Waals surface area (Å²) in [6, 6.07) is 7.67. The molecule has 0 spiro atoms. The average molecular weight is 402 g/mol. The monoisotopic (exact) mass is 401 g/mol. The first-order valence-electron chi connectivity index (χ1n) is 9.94. The molecule has 2 aromatic rings. The molecule has 0 aliphatic carbocycles. The SMILES string of the molecule is COc1ccc(Cn2nc(C)cc2NC(=O)CN2CCCN(C)CC2)cc1OC. The summed E-state index contributed by atoms with van der Waals surface area (Å²) in [6.45, 7) is 6.77. The maximum absolute atomic E-state index is 12.6. The third-order valence-electron chi connectivity index (χ3n) is 5.13. The minimum Gasteiger partial charge on any atom is -0.493 e. The van der Waals surface area contributed by atoms with Crippen molar-refractivity contribution in [2.75, 3.05) is 59.3 Å². The number of hydrogen-bond acceptors (Lipinski definition) is 6. The number of nitrogens with zero attached hydrogens (tertiary/aromatic N) is 4. The van der Waals surface area contributed by atoms with Gasteiger partial charge in [0.25, 0.3) is 0 Å². The molecule has 1 aromatic carbocycles. The zero-order valence-corrected chi connectivity index (χ0v) is 17.8. The molecule has 1 aliphatic heterocycles. The Morgan fingerprint density at radius 1 is 1.10 bits per heavy atom. The molecule has 0 atom stereocenters. The third-order valence-corrected chi connectivity index (χ3v) is 5.13. The Kier molecular flexibility index (Phi) is 7.11. The average Bonchev–Trinajstić information content (AvgIpc) is 2.90. The first-order chi connectivity index (χ1) is 14.0. The zero-order valence-electron chi connectivity index (χ0n) is 17.8. The molecule has 1 fully saturated rings. The van der Waals surface area contributed by atoms with Gasteiger partial charge in [0.1, 0.15) is 5.82 Å². The highest BCUT2D eigenvalue weighted by Gasteiger charge is 2.17. The van der Waals surface area contributed by atoms with Gasteiger partial charge in [-0.25, -0.2) is 4.68 Å². The molecule has 2 heterocycles. The molecule has 1 N–H and O–H groups in total. The van der Waals surface area contributed by atoms with Gasteiger partial charge in [0.2, 0.25) is 5.91 Å². The maximum atomic E-state index is 12.6. The molecule has 1 aromatic heterocycles. The van der Waals surface area contributed by atoms with E-state index in [1.54, 1.807) is 14.2 Å². The number of amides is 1. The van der Waals surface area contributed by atoms with Gasteiger partial charge in [-0.3, -0.25) is 9.69 Å². The minimum atomic E-state index is -0.0111. The van der Waals surface area contributed by atoms with E-state index in [2.05, 4.69) is 27.3 Å². The van der Waals surface area contributed by atoms with Gasteiger partial charge in [-0.1, -0.05) is 6.07 Å². The normalized spacial score (nSPS) is 15.7. The van der Waals surface area contributed by atoms with Crippen LogP contribution in [0.25, 0.3) is 0 Å². The fraction of sp³-hybridized carbons (Fsp3) is 0.524. The Morgan fingerprint density at radius 3 is 2.66 bits per heavy atom. The molecule has 1 amide bonds. The van der Waals surface area contributed by atoms with Gasteiger partial charge in [-0.05, 0) is 51.2 Å². The van der Waals surface area contributed by atoms with E-state index in [1.165, 1.54) is 0 Å². The highest BCUT2D eigenvalue weighted by molar-refractivity contribution is 5.91. The standard InChI is InChI=1S/C21H31N5O3/c1-16-12-20(22-21(27)15-25-9-5-8-24(2)10-11-25)26(23-16)14-17-6-7-18(28-3)19(13-17)29-4/h6-7,12-13H,5,8-11,14-15H2,1-4H3,(H,22,27). The van der Waals surface area contributed by atoms with Crippen molar-refractivity contribution in [1.29, 1.82) is 0 Å². The second-order valence-corrected chi connectivity index (χ2v) is 7.50. The first kappa shape index (κ1) is 21.1. The van der Waals surface area contributed by atoms with Crippen molar-refractivity contribution in [3.8, 4) is 11.5 Å². The number of methoxy groups -OCH3 is 2. The molecule has 0 unspecified atom stereocenters. The maximum Gasteiger partial charge on any atom is 0.239 e. The smallest absolute Gasteiger partial charge is 0.239 e. The van der Waals surface area contributed by atoms with Crippen LogP contribution >= 0.6 is 0 Å². The Hall–Kier alpha value is -2.58. The fourth-order valence-electron chi connectivity index (χ4n) is 3.56. The van der Waals surface area contributed by atoms with Gasteiger partial charge in [-0.2, -0.15) is 5.10 Å². The van der Waals surface area contributed by atoms with Crippen LogP contribution in [0.5, 0.6) is 11.5 Å². The van der Waals surface area contributed by atoms with Crippen molar-refractivity contribution in [1.82, 2.24) is 19.6 Å². The van der Waals surface area contributed by atoms with Gasteiger partial charge in [0.15, 0.2) is 11.5 Å². The van der Waals surface area contributed by atoms with Crippen molar-refractivity contribution in [2.24, 2.45) is 0 Å². The van der Waals surface area contributed by atoms with Gasteiger partial charge in [-0.15, -0.1) is 0 Å². The van der Waals surface area contributed by atoms with E-state index in [1.807, 2.05) is 35.9 Å². The summed E-state index contributed by atoms with van der Waals surface area (Å²) in [4.78, 5) is 17.1. The van der Waals surface area contributed by atoms with Crippen LogP contribution in [0.4, 0.5) is 5.82 Å². The number of aromatic nitrogens is 2. The van der Waals surface area contributed by atoms with Crippen molar-refractivity contribution >= 4 is 11.7 Å². The number of rotatable bonds is 7. The number of carbonyl (C=O) groups excluding carboxylic acids is 1. The van der Waals surface area contributed by atoms with E-state index in [0.717, 1.165) is 43.9 Å². The van der Waals surface area contributed by atoms with Crippen LogP contribution in [0.1, 0.15) is 17.7 Å². The van der Waals surface area contributed by atoms with Gasteiger partial charge in [0.05, 0.1) is 33.0 Å². The molecule has 1 aliphatic rings. The summed E-state index contributed by atoms with van der Waals surface area (Å²) in [7, 11) is 5.36. The number of likely N-dealkylation sites (N-methyl/N-ethyl adjacent to an activating group) is 1. The molecule has 1 saturated heterocycles. The lowest BCUT2D eigenvalue weighted by Gasteiger charge is -2.19. The summed E-state index contributed by atoms with van der Waals surface area (Å²) >= 11 is 0. The third kappa shape index (κ3) is 5.71. The van der Waals surface area contributed by atoms with E-state index in [9.17, 15) is 4.79 Å². The predicted octanol–water partition coefficient (Wildman–Crippen LogP) is 1.83. The van der Waals surface area contributed by atoms with Gasteiger partial charge >= 0.3 is 0 Å². The molecule has 0 bridgehead atoms. The second-order valence-electron chi connectivity index (χ2n) is 7.50. The van der Waals surface area contributed by atoms with Crippen LogP contribution in [0.15, 0.2) is 24.3 Å². The fourth-order valence-corrected chi connectivity index (χ4v) is 3.56. The quantitative estimate of drug-likeness (QED) is 0.763. The Labute approximate surface area is 172 Å². The van der Waals surface area contributed by atoms with Crippen LogP contribution < -0.4 is 14.8 Å². The summed E-state index contributed by atoms with van der Waals surface area (Å²) in [5.74, 6) is 2.05. The largest absolute Gasteiger partial charge is 0.493 e. The van der Waals surface area contributed by atoms with E-state index in [4.69, 9.17) is 9.47 Å². The molecular formula is C21H31N5O3. The number of ether oxygens (including phenoxy) is 2. The lowest BCUT2D eigenvalue weighted by atomic mass is 10.2. The van der Waals surface area contributed by atoms with Crippen LogP contribution in [-0.2, 0) is 11.3 Å². The number of aryl methyl sites for hydroxylation is 1. The Morgan fingerprint density at radius 2 is 1.90 bits per heavy atom. The van der Waals surface area contributed by atoms with Crippen LogP contribution in [0.2, 0.25) is 0 Å². The van der Waals surface area contributed by atoms with Crippen LogP contribution in [0, 0.1) is 6.92 Å². The topological polar surface area (TPSA) is 71.9 Å². The molecule has 158 valence electrons. The van der Waals surface area contributed by atoms with Crippen molar-refractivity contribution < 1.29 is 14.3 Å². The molecule has 8 heteroatoms. The van der Waals surface area contributed by atoms with Crippen molar-refractivity contribution in [3.05, 3.63) is 35.5 Å². The first-order valence-corrected chi connectivity index (χ1v) is 9.94. The predicted molar refractivity (Wildman–Crippen MR) is 113 cm³/mol. The number of nitrogens with one attached hydrogen (secondary N) is 1. The molecule has 3 rings (SSSR count).